The summed E-state index contributed by atoms with van der Waals surface area (Å²) in [5.41, 5.74) is 3.14. The number of aromatic nitrogens is 1. The summed E-state index contributed by atoms with van der Waals surface area (Å²) in [5.74, 6) is -4.46. The number of hydroxylamine groups is 2. The van der Waals surface area contributed by atoms with Crippen LogP contribution in [-0.4, -0.2) is 71.1 Å². The molecule has 1 aromatic carbocycles. The largest absolute Gasteiger partial charge is 0.382 e. The molecule has 0 saturated carbocycles. The smallest absolute Gasteiger partial charge is 0.270 e. The highest BCUT2D eigenvalue weighted by molar-refractivity contribution is 5.96. The van der Waals surface area contributed by atoms with Gasteiger partial charge in [-0.05, 0) is 19.8 Å². The third-order valence-electron chi connectivity index (χ3n) is 7.81. The highest BCUT2D eigenvalue weighted by atomic mass is 19.1. The van der Waals surface area contributed by atoms with Gasteiger partial charge in [-0.1, -0.05) is 0 Å². The van der Waals surface area contributed by atoms with Gasteiger partial charge in [-0.15, -0.1) is 0 Å². The summed E-state index contributed by atoms with van der Waals surface area (Å²) < 4.78 is 55.4. The number of pyridine rings is 1. The number of methoxy groups -OCH3 is 1. The zero-order chi connectivity index (χ0) is 28.1. The number of hydrogen-bond acceptors (Lipinski definition) is 7. The number of carbonyl (C=O) groups is 2. The summed E-state index contributed by atoms with van der Waals surface area (Å²) in [6, 6.07) is 1.52. The minimum Gasteiger partial charge on any atom is -0.382 e. The van der Waals surface area contributed by atoms with Gasteiger partial charge >= 0.3 is 0 Å². The van der Waals surface area contributed by atoms with Crippen molar-refractivity contribution in [2.45, 2.75) is 56.6 Å². The number of primary amides is 1. The van der Waals surface area contributed by atoms with Crippen molar-refractivity contribution < 1.29 is 37.1 Å². The Labute approximate surface area is 222 Å². The van der Waals surface area contributed by atoms with Crippen LogP contribution >= 0.6 is 0 Å². The van der Waals surface area contributed by atoms with Crippen LogP contribution in [0.15, 0.2) is 29.2 Å². The zero-order valence-corrected chi connectivity index (χ0v) is 21.5. The van der Waals surface area contributed by atoms with Gasteiger partial charge in [0.1, 0.15) is 40.5 Å². The molecule has 2 aromatic rings. The fraction of sp³-hybridized carbons (Fsp3) is 0.500. The topological polar surface area (TPSA) is 116 Å². The molecule has 2 N–H and O–H groups in total. The quantitative estimate of drug-likeness (QED) is 0.525. The molecule has 13 heteroatoms. The Kier molecular flexibility index (Phi) is 7.27. The number of benzene rings is 1. The summed E-state index contributed by atoms with van der Waals surface area (Å²) in [7, 11) is 1.51. The molecule has 3 aliphatic rings. The molecule has 1 spiro atoms. The van der Waals surface area contributed by atoms with Crippen molar-refractivity contribution in [3.63, 3.8) is 0 Å². The highest BCUT2D eigenvalue weighted by Gasteiger charge is 2.56. The lowest BCUT2D eigenvalue weighted by atomic mass is 9.85. The van der Waals surface area contributed by atoms with E-state index in [1.165, 1.54) is 18.4 Å². The van der Waals surface area contributed by atoms with Crippen LogP contribution in [0.2, 0.25) is 0 Å². The van der Waals surface area contributed by atoms with Gasteiger partial charge in [0.05, 0.1) is 25.8 Å². The van der Waals surface area contributed by atoms with Crippen molar-refractivity contribution in [3.05, 3.63) is 68.9 Å². The average molecular weight is 551 g/mol. The Morgan fingerprint density at radius 1 is 1.18 bits per heavy atom. The number of halogens is 3. The van der Waals surface area contributed by atoms with Crippen molar-refractivity contribution in [2.75, 3.05) is 26.9 Å². The third-order valence-corrected chi connectivity index (χ3v) is 7.81. The van der Waals surface area contributed by atoms with Crippen molar-refractivity contribution in [1.82, 2.24) is 14.5 Å². The number of rotatable bonds is 7. The van der Waals surface area contributed by atoms with Crippen LogP contribution in [0.25, 0.3) is 0 Å². The van der Waals surface area contributed by atoms with E-state index in [0.717, 1.165) is 6.07 Å². The van der Waals surface area contributed by atoms with E-state index in [0.29, 0.717) is 25.0 Å². The fourth-order valence-electron chi connectivity index (χ4n) is 5.74. The Balaban J connectivity index is 1.58. The second-order valence-electron chi connectivity index (χ2n) is 10.2. The lowest BCUT2D eigenvalue weighted by Gasteiger charge is -2.42. The molecule has 5 rings (SSSR count). The van der Waals surface area contributed by atoms with Crippen molar-refractivity contribution in [2.24, 2.45) is 5.73 Å². The molecule has 39 heavy (non-hydrogen) atoms. The summed E-state index contributed by atoms with van der Waals surface area (Å²) in [6.07, 6.45) is 1.69. The Morgan fingerprint density at radius 3 is 2.56 bits per heavy atom. The summed E-state index contributed by atoms with van der Waals surface area (Å²) in [5, 5.41) is 1.32. The molecule has 1 aromatic heterocycles. The fourth-order valence-corrected chi connectivity index (χ4v) is 5.74. The molecule has 2 bridgehead atoms. The second kappa shape index (κ2) is 10.4. The molecule has 4 heterocycles. The molecule has 210 valence electrons. The number of ether oxygens (including phenoxy) is 2. The summed E-state index contributed by atoms with van der Waals surface area (Å²) >= 11 is 0. The Hall–Kier alpha value is -3.26. The van der Waals surface area contributed by atoms with E-state index in [1.807, 2.05) is 6.92 Å². The molecule has 0 radical (unpaired) electrons. The second-order valence-corrected chi connectivity index (χ2v) is 10.2. The molecular formula is C26H29F3N4O6. The molecule has 4 unspecified atom stereocenters. The summed E-state index contributed by atoms with van der Waals surface area (Å²) in [4.78, 5) is 46.0. The first-order chi connectivity index (χ1) is 18.5. The monoisotopic (exact) mass is 550 g/mol. The first-order valence-electron chi connectivity index (χ1n) is 12.6. The number of hydrogen-bond donors (Lipinski definition) is 1. The molecule has 2 amide bonds. The van der Waals surface area contributed by atoms with E-state index in [-0.39, 0.29) is 55.9 Å². The van der Waals surface area contributed by atoms with E-state index < -0.39 is 52.2 Å². The minimum atomic E-state index is -1.06. The molecule has 10 nitrogen and oxygen atoms in total. The van der Waals surface area contributed by atoms with Crippen LogP contribution in [-0.2, 0) is 20.9 Å². The lowest BCUT2D eigenvalue weighted by molar-refractivity contribution is -0.257. The lowest BCUT2D eigenvalue weighted by Crippen LogP contribution is -2.52. The predicted octanol–water partition coefficient (Wildman–Crippen LogP) is 2.11. The molecule has 4 atom stereocenters. The highest BCUT2D eigenvalue weighted by Crippen LogP contribution is 2.48. The van der Waals surface area contributed by atoms with Gasteiger partial charge in [-0.3, -0.25) is 19.2 Å². The van der Waals surface area contributed by atoms with Gasteiger partial charge in [-0.25, -0.2) is 13.2 Å². The van der Waals surface area contributed by atoms with E-state index in [9.17, 15) is 27.6 Å². The van der Waals surface area contributed by atoms with Crippen LogP contribution in [0.3, 0.4) is 0 Å². The van der Waals surface area contributed by atoms with E-state index in [4.69, 9.17) is 20.0 Å². The van der Waals surface area contributed by atoms with Gasteiger partial charge in [-0.2, -0.15) is 5.06 Å². The average Bonchev–Trinajstić information content (AvgIpc) is 3.17. The van der Waals surface area contributed by atoms with E-state index in [2.05, 4.69) is 0 Å². The number of nitrogens with two attached hydrogens (primary N) is 1. The molecular weight excluding hydrogens is 521 g/mol. The summed E-state index contributed by atoms with van der Waals surface area (Å²) in [6.45, 7) is 2.12. The van der Waals surface area contributed by atoms with Gasteiger partial charge in [0, 0.05) is 56.1 Å². The maximum Gasteiger partial charge on any atom is 0.270 e. The molecule has 3 aliphatic heterocycles. The number of nitrogens with zero attached hydrogens (tertiary/aromatic N) is 3. The van der Waals surface area contributed by atoms with E-state index in [1.54, 1.807) is 9.47 Å². The number of carbonyl (C=O) groups excluding carboxylic acids is 2. The van der Waals surface area contributed by atoms with E-state index >= 15 is 0 Å². The van der Waals surface area contributed by atoms with Gasteiger partial charge < -0.3 is 24.7 Å². The van der Waals surface area contributed by atoms with Crippen molar-refractivity contribution >= 4 is 11.8 Å². The van der Waals surface area contributed by atoms with Crippen LogP contribution in [0.5, 0.6) is 0 Å². The minimum absolute atomic E-state index is 0.0869. The van der Waals surface area contributed by atoms with Crippen LogP contribution in [0, 0.1) is 17.5 Å². The molecule has 0 aliphatic carbocycles. The van der Waals surface area contributed by atoms with Crippen LogP contribution in [0.1, 0.15) is 58.6 Å². The van der Waals surface area contributed by atoms with Gasteiger partial charge in [0.2, 0.25) is 0 Å². The third kappa shape index (κ3) is 4.84. The van der Waals surface area contributed by atoms with Gasteiger partial charge in [0.25, 0.3) is 11.8 Å². The molecule has 2 saturated heterocycles. The number of fused-ring (bicyclic) bond motifs is 5. The van der Waals surface area contributed by atoms with Gasteiger partial charge in [0.15, 0.2) is 5.43 Å². The SMILES string of the molecule is COCCOC1CC2(CCC(C)N3CC2n2cc(C(N)=O)c(=O)cc2C3=O)ON1Cc1c(F)cc(F)cc1F. The predicted molar refractivity (Wildman–Crippen MR) is 130 cm³/mol. The Morgan fingerprint density at radius 2 is 1.90 bits per heavy atom. The Bertz CT molecular complexity index is 1350. The zero-order valence-electron chi connectivity index (χ0n) is 21.5. The molecule has 2 fully saturated rings. The maximum atomic E-state index is 14.6. The van der Waals surface area contributed by atoms with Crippen LogP contribution < -0.4 is 11.2 Å². The first-order valence-corrected chi connectivity index (χ1v) is 12.6. The standard InChI is InChI=1S/C26H29F3N4O6/c1-14-3-4-26(22-13-31(14)25(36)20-9-21(34)17(24(30)35)11-32(20)22)10-23(38-6-5-37-2)33(39-26)12-16-18(28)7-15(27)8-19(16)29/h7-9,11,14,22-23H,3-6,10,12-13H2,1-2H3,(H2,30,35). The van der Waals surface area contributed by atoms with Crippen molar-refractivity contribution in [3.8, 4) is 0 Å². The normalized spacial score (nSPS) is 26.6. The number of amides is 2. The maximum absolute atomic E-state index is 14.6. The van der Waals surface area contributed by atoms with Crippen LogP contribution in [0.4, 0.5) is 13.2 Å². The first kappa shape index (κ1) is 27.3. The van der Waals surface area contributed by atoms with Crippen molar-refractivity contribution in [1.29, 1.82) is 0 Å².